The summed E-state index contributed by atoms with van der Waals surface area (Å²) in [7, 11) is 1.66. The summed E-state index contributed by atoms with van der Waals surface area (Å²) < 4.78 is 15.7. The maximum atomic E-state index is 5.40. The molecule has 1 heterocycles. The smallest absolute Gasteiger partial charge is 0.158 e. The van der Waals surface area contributed by atoms with Gasteiger partial charge in [0, 0.05) is 32.9 Å². The third-order valence-corrected chi connectivity index (χ3v) is 2.55. The fourth-order valence-corrected chi connectivity index (χ4v) is 1.61. The zero-order valence-corrected chi connectivity index (χ0v) is 13.1. The molecule has 21 heavy (non-hydrogen) atoms. The van der Waals surface area contributed by atoms with Crippen LogP contribution in [0.5, 0.6) is 0 Å². The quantitative estimate of drug-likeness (QED) is 0.566. The van der Waals surface area contributed by atoms with E-state index >= 15 is 0 Å². The van der Waals surface area contributed by atoms with Gasteiger partial charge < -0.3 is 24.8 Å². The van der Waals surface area contributed by atoms with Gasteiger partial charge >= 0.3 is 0 Å². The number of hydrogen-bond donors (Lipinski definition) is 2. The molecule has 0 aliphatic rings. The molecule has 0 saturated heterocycles. The topological polar surface area (TPSA) is 77.5 Å². The molecular weight excluding hydrogens is 272 g/mol. The first kappa shape index (κ1) is 17.6. The molecule has 1 rings (SSSR count). The number of rotatable bonds is 12. The van der Waals surface area contributed by atoms with Crippen molar-refractivity contribution in [3.05, 3.63) is 11.9 Å². The number of aromatic nitrogens is 2. The van der Waals surface area contributed by atoms with Crippen molar-refractivity contribution in [3.63, 3.8) is 0 Å². The second kappa shape index (κ2) is 11.2. The van der Waals surface area contributed by atoms with E-state index in [-0.39, 0.29) is 0 Å². The summed E-state index contributed by atoms with van der Waals surface area (Å²) in [6.45, 7) is 8.33. The van der Waals surface area contributed by atoms with Crippen LogP contribution >= 0.6 is 0 Å². The van der Waals surface area contributed by atoms with Crippen molar-refractivity contribution in [2.75, 3.05) is 57.3 Å². The summed E-state index contributed by atoms with van der Waals surface area (Å²) in [5.74, 6) is 2.23. The molecule has 1 aromatic rings. The standard InChI is InChI=1S/C14H26N4O3/c1-4-15-12-10-13(16-6-7-21-9-8-19-3)18-14(17-12)11-20-5-2/h10H,4-9,11H2,1-3H3,(H2,15,16,17,18). The van der Waals surface area contributed by atoms with Gasteiger partial charge in [0.05, 0.1) is 19.8 Å². The minimum atomic E-state index is 0.411. The number of nitrogens with one attached hydrogen (secondary N) is 2. The summed E-state index contributed by atoms with van der Waals surface area (Å²) in [6, 6.07) is 1.88. The van der Waals surface area contributed by atoms with Crippen molar-refractivity contribution in [2.24, 2.45) is 0 Å². The summed E-state index contributed by atoms with van der Waals surface area (Å²) >= 11 is 0. The van der Waals surface area contributed by atoms with Crippen molar-refractivity contribution in [3.8, 4) is 0 Å². The lowest BCUT2D eigenvalue weighted by atomic mass is 10.4. The van der Waals surface area contributed by atoms with Crippen LogP contribution in [0.2, 0.25) is 0 Å². The minimum absolute atomic E-state index is 0.411. The van der Waals surface area contributed by atoms with Gasteiger partial charge in [-0.2, -0.15) is 0 Å². The van der Waals surface area contributed by atoms with Gasteiger partial charge in [-0.3, -0.25) is 0 Å². The van der Waals surface area contributed by atoms with E-state index in [1.807, 2.05) is 19.9 Å². The lowest BCUT2D eigenvalue weighted by Gasteiger charge is -2.11. The van der Waals surface area contributed by atoms with Crippen LogP contribution in [0.3, 0.4) is 0 Å². The van der Waals surface area contributed by atoms with Crippen LogP contribution in [-0.4, -0.2) is 56.6 Å². The molecule has 0 saturated carbocycles. The van der Waals surface area contributed by atoms with E-state index in [9.17, 15) is 0 Å². The fraction of sp³-hybridized carbons (Fsp3) is 0.714. The minimum Gasteiger partial charge on any atom is -0.382 e. The van der Waals surface area contributed by atoms with Crippen molar-refractivity contribution in [1.82, 2.24) is 9.97 Å². The number of nitrogens with zero attached hydrogens (tertiary/aromatic N) is 2. The molecule has 2 N–H and O–H groups in total. The predicted octanol–water partition coefficient (Wildman–Crippen LogP) is 1.52. The number of anilines is 2. The summed E-state index contributed by atoms with van der Waals surface area (Å²) in [5.41, 5.74) is 0. The van der Waals surface area contributed by atoms with Gasteiger partial charge in [0.2, 0.25) is 0 Å². The van der Waals surface area contributed by atoms with Crippen LogP contribution in [0.15, 0.2) is 6.07 Å². The van der Waals surface area contributed by atoms with Crippen molar-refractivity contribution >= 4 is 11.6 Å². The van der Waals surface area contributed by atoms with E-state index in [0.29, 0.717) is 45.4 Å². The average Bonchev–Trinajstić information content (AvgIpc) is 2.49. The molecule has 0 radical (unpaired) electrons. The monoisotopic (exact) mass is 298 g/mol. The van der Waals surface area contributed by atoms with Crippen LogP contribution in [0.1, 0.15) is 19.7 Å². The molecule has 0 atom stereocenters. The molecule has 0 unspecified atom stereocenters. The highest BCUT2D eigenvalue weighted by Gasteiger charge is 2.04. The van der Waals surface area contributed by atoms with E-state index in [0.717, 1.165) is 18.2 Å². The number of ether oxygens (including phenoxy) is 3. The lowest BCUT2D eigenvalue weighted by Crippen LogP contribution is -2.14. The molecule has 0 aliphatic carbocycles. The van der Waals surface area contributed by atoms with Crippen LogP contribution in [0.25, 0.3) is 0 Å². The molecule has 0 amide bonds. The van der Waals surface area contributed by atoms with Crippen LogP contribution in [-0.2, 0) is 20.8 Å². The van der Waals surface area contributed by atoms with Crippen molar-refractivity contribution < 1.29 is 14.2 Å². The first-order valence-corrected chi connectivity index (χ1v) is 7.30. The first-order valence-electron chi connectivity index (χ1n) is 7.30. The Morgan fingerprint density at radius 2 is 1.76 bits per heavy atom. The molecule has 120 valence electrons. The summed E-state index contributed by atoms with van der Waals surface area (Å²) in [5, 5.41) is 6.41. The maximum absolute atomic E-state index is 5.40. The first-order chi connectivity index (χ1) is 10.3. The van der Waals surface area contributed by atoms with Crippen molar-refractivity contribution in [1.29, 1.82) is 0 Å². The molecule has 0 spiro atoms. The third kappa shape index (κ3) is 7.79. The second-order valence-electron chi connectivity index (χ2n) is 4.25. The van der Waals surface area contributed by atoms with Gasteiger partial charge in [0.15, 0.2) is 5.82 Å². The zero-order valence-electron chi connectivity index (χ0n) is 13.1. The zero-order chi connectivity index (χ0) is 15.3. The molecule has 1 aromatic heterocycles. The highest BCUT2D eigenvalue weighted by atomic mass is 16.5. The summed E-state index contributed by atoms with van der Waals surface area (Å²) in [4.78, 5) is 8.81. The highest BCUT2D eigenvalue weighted by Crippen LogP contribution is 2.11. The number of hydrogen-bond acceptors (Lipinski definition) is 7. The summed E-state index contributed by atoms with van der Waals surface area (Å²) in [6.07, 6.45) is 0. The van der Waals surface area contributed by atoms with E-state index in [1.165, 1.54) is 0 Å². The Labute approximate surface area is 126 Å². The van der Waals surface area contributed by atoms with Crippen LogP contribution in [0.4, 0.5) is 11.6 Å². The molecule has 0 aliphatic heterocycles. The molecule has 7 nitrogen and oxygen atoms in total. The van der Waals surface area contributed by atoms with Gasteiger partial charge in [-0.15, -0.1) is 0 Å². The Morgan fingerprint density at radius 3 is 2.43 bits per heavy atom. The van der Waals surface area contributed by atoms with Crippen LogP contribution < -0.4 is 10.6 Å². The van der Waals surface area contributed by atoms with E-state index in [4.69, 9.17) is 14.2 Å². The fourth-order valence-electron chi connectivity index (χ4n) is 1.61. The van der Waals surface area contributed by atoms with Gasteiger partial charge in [-0.05, 0) is 13.8 Å². The van der Waals surface area contributed by atoms with E-state index in [2.05, 4.69) is 20.6 Å². The molecule has 0 fully saturated rings. The highest BCUT2D eigenvalue weighted by molar-refractivity contribution is 5.47. The largest absolute Gasteiger partial charge is 0.382 e. The van der Waals surface area contributed by atoms with Crippen LogP contribution in [0, 0.1) is 0 Å². The molecule has 0 bridgehead atoms. The van der Waals surface area contributed by atoms with E-state index < -0.39 is 0 Å². The Morgan fingerprint density at radius 1 is 1.00 bits per heavy atom. The molecule has 7 heteroatoms. The average molecular weight is 298 g/mol. The van der Waals surface area contributed by atoms with Gasteiger partial charge in [-0.25, -0.2) is 9.97 Å². The predicted molar refractivity (Wildman–Crippen MR) is 82.7 cm³/mol. The normalized spacial score (nSPS) is 10.6. The Hall–Kier alpha value is -1.44. The molecular formula is C14H26N4O3. The maximum Gasteiger partial charge on any atom is 0.158 e. The van der Waals surface area contributed by atoms with Gasteiger partial charge in [0.25, 0.3) is 0 Å². The van der Waals surface area contributed by atoms with Gasteiger partial charge in [-0.1, -0.05) is 0 Å². The Bertz CT molecular complexity index is 390. The SMILES string of the molecule is CCNc1cc(NCCOCCOC)nc(COCC)n1. The third-order valence-electron chi connectivity index (χ3n) is 2.55. The Kier molecular flexibility index (Phi) is 9.43. The number of methoxy groups -OCH3 is 1. The van der Waals surface area contributed by atoms with Crippen molar-refractivity contribution in [2.45, 2.75) is 20.5 Å². The lowest BCUT2D eigenvalue weighted by molar-refractivity contribution is 0.0759. The second-order valence-corrected chi connectivity index (χ2v) is 4.25. The Balaban J connectivity index is 2.48. The van der Waals surface area contributed by atoms with E-state index in [1.54, 1.807) is 7.11 Å². The van der Waals surface area contributed by atoms with Gasteiger partial charge in [0.1, 0.15) is 18.2 Å². The molecule has 0 aromatic carbocycles.